The minimum absolute atomic E-state index is 0.0328. The van der Waals surface area contributed by atoms with Gasteiger partial charge in [0.1, 0.15) is 0 Å². The van der Waals surface area contributed by atoms with Crippen LogP contribution in [-0.2, 0) is 4.79 Å². The number of hydrogen-bond donors (Lipinski definition) is 0. The summed E-state index contributed by atoms with van der Waals surface area (Å²) >= 11 is 0. The van der Waals surface area contributed by atoms with Crippen LogP contribution < -0.4 is 4.74 Å². The fourth-order valence-corrected chi connectivity index (χ4v) is 3.74. The molecule has 25 heavy (non-hydrogen) atoms. The number of methoxy groups -OCH3 is 1. The molecule has 136 valence electrons. The largest absolute Gasteiger partial charge is 0.481 e. The van der Waals surface area contributed by atoms with Crippen molar-refractivity contribution in [3.8, 4) is 5.88 Å². The summed E-state index contributed by atoms with van der Waals surface area (Å²) in [5.74, 6) is 1.28. The number of nitrogens with zero attached hydrogens (tertiary/aromatic N) is 3. The molecule has 0 unspecified atom stereocenters. The van der Waals surface area contributed by atoms with Crippen LogP contribution in [0, 0.1) is 5.92 Å². The summed E-state index contributed by atoms with van der Waals surface area (Å²) in [6.07, 6.45) is 8.43. The highest BCUT2D eigenvalue weighted by Crippen LogP contribution is 2.27. The standard InChI is InChI=1S/C19H27N3O3/c1-25-17-8-7-16(14-20-17)19(24)22-11-9-21(10-12-22)18(23)13-15-5-3-2-4-6-15/h7-8,14-15H,2-6,9-13H2,1H3. The second-order valence-electron chi connectivity index (χ2n) is 6.97. The minimum Gasteiger partial charge on any atom is -0.481 e. The van der Waals surface area contributed by atoms with Crippen molar-refractivity contribution in [2.45, 2.75) is 38.5 Å². The van der Waals surface area contributed by atoms with Crippen LogP contribution in [-0.4, -0.2) is 59.9 Å². The van der Waals surface area contributed by atoms with Gasteiger partial charge in [-0.15, -0.1) is 0 Å². The third kappa shape index (κ3) is 4.50. The highest BCUT2D eigenvalue weighted by Gasteiger charge is 2.26. The molecular weight excluding hydrogens is 318 g/mol. The lowest BCUT2D eigenvalue weighted by Gasteiger charge is -2.35. The molecule has 0 atom stereocenters. The van der Waals surface area contributed by atoms with Crippen LogP contribution in [0.5, 0.6) is 5.88 Å². The van der Waals surface area contributed by atoms with Gasteiger partial charge in [-0.2, -0.15) is 0 Å². The number of rotatable bonds is 4. The van der Waals surface area contributed by atoms with Crippen LogP contribution in [0.25, 0.3) is 0 Å². The minimum atomic E-state index is -0.0328. The Balaban J connectivity index is 1.48. The van der Waals surface area contributed by atoms with Crippen molar-refractivity contribution < 1.29 is 14.3 Å². The molecule has 2 aliphatic rings. The Morgan fingerprint density at radius 3 is 2.36 bits per heavy atom. The van der Waals surface area contributed by atoms with Gasteiger partial charge in [0.05, 0.1) is 12.7 Å². The number of amides is 2. The predicted octanol–water partition coefficient (Wildman–Crippen LogP) is 2.35. The Hall–Kier alpha value is -2.11. The smallest absolute Gasteiger partial charge is 0.255 e. The Kier molecular flexibility index (Phi) is 5.89. The molecule has 6 nitrogen and oxygen atoms in total. The van der Waals surface area contributed by atoms with Crippen LogP contribution in [0.3, 0.4) is 0 Å². The van der Waals surface area contributed by atoms with Crippen LogP contribution in [0.2, 0.25) is 0 Å². The molecule has 1 saturated heterocycles. The summed E-state index contributed by atoms with van der Waals surface area (Å²) in [5, 5.41) is 0. The average Bonchev–Trinajstić information content (AvgIpc) is 2.68. The second kappa shape index (κ2) is 8.32. The lowest BCUT2D eigenvalue weighted by molar-refractivity contribution is -0.133. The molecule has 0 bridgehead atoms. The van der Waals surface area contributed by atoms with Crippen molar-refractivity contribution in [2.75, 3.05) is 33.3 Å². The molecule has 0 spiro atoms. The Labute approximate surface area is 149 Å². The van der Waals surface area contributed by atoms with E-state index in [0.29, 0.717) is 50.0 Å². The maximum Gasteiger partial charge on any atom is 0.255 e. The summed E-state index contributed by atoms with van der Waals surface area (Å²) in [4.78, 5) is 32.8. The van der Waals surface area contributed by atoms with Gasteiger partial charge >= 0.3 is 0 Å². The van der Waals surface area contributed by atoms with Crippen LogP contribution in [0.15, 0.2) is 18.3 Å². The highest BCUT2D eigenvalue weighted by atomic mass is 16.5. The fraction of sp³-hybridized carbons (Fsp3) is 0.632. The molecule has 1 aliphatic heterocycles. The van der Waals surface area contributed by atoms with E-state index in [4.69, 9.17) is 4.74 Å². The van der Waals surface area contributed by atoms with Crippen LogP contribution in [0.4, 0.5) is 0 Å². The van der Waals surface area contributed by atoms with Gasteiger partial charge in [-0.05, 0) is 24.8 Å². The molecule has 0 aromatic carbocycles. The van der Waals surface area contributed by atoms with E-state index in [-0.39, 0.29) is 11.8 Å². The molecule has 0 N–H and O–H groups in total. The highest BCUT2D eigenvalue weighted by molar-refractivity contribution is 5.94. The molecule has 1 aromatic rings. The summed E-state index contributed by atoms with van der Waals surface area (Å²) in [5.41, 5.74) is 0.558. The number of aromatic nitrogens is 1. The first-order valence-corrected chi connectivity index (χ1v) is 9.24. The van der Waals surface area contributed by atoms with E-state index in [1.54, 1.807) is 30.3 Å². The van der Waals surface area contributed by atoms with E-state index in [0.717, 1.165) is 0 Å². The lowest BCUT2D eigenvalue weighted by atomic mass is 9.86. The van der Waals surface area contributed by atoms with Gasteiger partial charge in [-0.25, -0.2) is 4.98 Å². The zero-order valence-electron chi connectivity index (χ0n) is 14.9. The fourth-order valence-electron chi connectivity index (χ4n) is 3.74. The molecule has 1 aromatic heterocycles. The quantitative estimate of drug-likeness (QED) is 0.840. The second-order valence-corrected chi connectivity index (χ2v) is 6.97. The first-order valence-electron chi connectivity index (χ1n) is 9.24. The zero-order chi connectivity index (χ0) is 17.6. The van der Waals surface area contributed by atoms with Gasteiger partial charge in [0, 0.05) is 44.9 Å². The molecular formula is C19H27N3O3. The number of piperazine rings is 1. The van der Waals surface area contributed by atoms with Crippen molar-refractivity contribution in [1.82, 2.24) is 14.8 Å². The summed E-state index contributed by atoms with van der Waals surface area (Å²) < 4.78 is 5.02. The summed E-state index contributed by atoms with van der Waals surface area (Å²) in [6.45, 7) is 2.42. The SMILES string of the molecule is COc1ccc(C(=O)N2CCN(C(=O)CC3CCCCC3)CC2)cn1. The number of carbonyl (C=O) groups is 2. The first-order chi connectivity index (χ1) is 12.2. The van der Waals surface area contributed by atoms with Crippen molar-refractivity contribution >= 4 is 11.8 Å². The van der Waals surface area contributed by atoms with E-state index < -0.39 is 0 Å². The normalized spacial score (nSPS) is 18.9. The average molecular weight is 345 g/mol. The van der Waals surface area contributed by atoms with E-state index in [1.165, 1.54) is 32.1 Å². The Morgan fingerprint density at radius 1 is 1.08 bits per heavy atom. The van der Waals surface area contributed by atoms with Gasteiger partial charge in [-0.3, -0.25) is 9.59 Å². The summed E-state index contributed by atoms with van der Waals surface area (Å²) in [7, 11) is 1.55. The van der Waals surface area contributed by atoms with E-state index >= 15 is 0 Å². The Bertz CT molecular complexity index is 588. The molecule has 1 aliphatic carbocycles. The number of ether oxygens (including phenoxy) is 1. The number of hydrogen-bond acceptors (Lipinski definition) is 4. The third-order valence-corrected chi connectivity index (χ3v) is 5.30. The van der Waals surface area contributed by atoms with Gasteiger partial charge < -0.3 is 14.5 Å². The van der Waals surface area contributed by atoms with Gasteiger partial charge in [0.15, 0.2) is 0 Å². The van der Waals surface area contributed by atoms with Gasteiger partial charge in [0.25, 0.3) is 5.91 Å². The number of pyridine rings is 1. The topological polar surface area (TPSA) is 62.7 Å². The third-order valence-electron chi connectivity index (χ3n) is 5.30. The van der Waals surface area contributed by atoms with E-state index in [1.807, 2.05) is 4.90 Å². The molecule has 2 fully saturated rings. The molecule has 6 heteroatoms. The zero-order valence-corrected chi connectivity index (χ0v) is 14.9. The van der Waals surface area contributed by atoms with Crippen LogP contribution in [0.1, 0.15) is 48.9 Å². The molecule has 0 radical (unpaired) electrons. The Morgan fingerprint density at radius 2 is 1.76 bits per heavy atom. The molecule has 3 rings (SSSR count). The first kappa shape index (κ1) is 17.7. The predicted molar refractivity (Wildman–Crippen MR) is 94.5 cm³/mol. The lowest BCUT2D eigenvalue weighted by Crippen LogP contribution is -2.50. The number of carbonyl (C=O) groups excluding carboxylic acids is 2. The van der Waals surface area contributed by atoms with E-state index in [9.17, 15) is 9.59 Å². The van der Waals surface area contributed by atoms with E-state index in [2.05, 4.69) is 4.98 Å². The van der Waals surface area contributed by atoms with Gasteiger partial charge in [0.2, 0.25) is 11.8 Å². The van der Waals surface area contributed by atoms with Crippen molar-refractivity contribution in [1.29, 1.82) is 0 Å². The van der Waals surface area contributed by atoms with Crippen molar-refractivity contribution in [3.05, 3.63) is 23.9 Å². The van der Waals surface area contributed by atoms with Crippen molar-refractivity contribution in [3.63, 3.8) is 0 Å². The van der Waals surface area contributed by atoms with Crippen LogP contribution >= 0.6 is 0 Å². The maximum atomic E-state index is 12.5. The summed E-state index contributed by atoms with van der Waals surface area (Å²) in [6, 6.07) is 3.42. The molecule has 2 heterocycles. The molecule has 1 saturated carbocycles. The van der Waals surface area contributed by atoms with Crippen molar-refractivity contribution in [2.24, 2.45) is 5.92 Å². The molecule has 2 amide bonds. The van der Waals surface area contributed by atoms with Gasteiger partial charge in [-0.1, -0.05) is 19.3 Å². The monoisotopic (exact) mass is 345 g/mol. The maximum absolute atomic E-state index is 12.5.